The number of aromatic nitrogens is 2. The van der Waals surface area contributed by atoms with Gasteiger partial charge in [0, 0.05) is 13.0 Å². The second-order valence-corrected chi connectivity index (χ2v) is 7.83. The van der Waals surface area contributed by atoms with Crippen LogP contribution in [0.1, 0.15) is 71.0 Å². The Hall–Kier alpha value is -3.63. The van der Waals surface area contributed by atoms with E-state index in [4.69, 9.17) is 4.52 Å². The lowest BCUT2D eigenvalue weighted by molar-refractivity contribution is -0.385. The largest absolute Gasteiger partial charge is 0.342 e. The summed E-state index contributed by atoms with van der Waals surface area (Å²) in [5.74, 6) is -1.41. The third kappa shape index (κ3) is 3.66. The van der Waals surface area contributed by atoms with Crippen molar-refractivity contribution in [3.63, 3.8) is 0 Å². The molecule has 0 radical (unpaired) electrons. The predicted octanol–water partition coefficient (Wildman–Crippen LogP) is 2.25. The number of fused-ring (bicyclic) bond motifs is 1. The second kappa shape index (κ2) is 7.89. The summed E-state index contributed by atoms with van der Waals surface area (Å²) in [5.41, 5.74) is -1.68. The van der Waals surface area contributed by atoms with Crippen molar-refractivity contribution in [2.75, 3.05) is 6.54 Å². The molecule has 0 spiro atoms. The molecule has 1 aromatic carbocycles. The molecule has 0 bridgehead atoms. The smallest absolute Gasteiger partial charge is 0.282 e. The monoisotopic (exact) mass is 427 g/mol. The predicted molar refractivity (Wildman–Crippen MR) is 105 cm³/mol. The van der Waals surface area contributed by atoms with Crippen molar-refractivity contribution in [3.05, 3.63) is 51.2 Å². The molecule has 1 aliphatic heterocycles. The summed E-state index contributed by atoms with van der Waals surface area (Å²) in [6.45, 7) is 1.11. The molecule has 2 aromatic rings. The number of aryl methyl sites for hydroxylation is 1. The molecule has 4 rings (SSSR count). The van der Waals surface area contributed by atoms with Gasteiger partial charge in [-0.3, -0.25) is 29.4 Å². The SMILES string of the molecule is Cc1nc(C2(NC(=O)CN3C(=O)c4cccc([N+](=O)[O-])c4C3=O)CCCCCC2)no1. The molecule has 0 unspecified atom stereocenters. The molecule has 11 heteroatoms. The van der Waals surface area contributed by atoms with Crippen LogP contribution < -0.4 is 5.32 Å². The van der Waals surface area contributed by atoms with E-state index in [1.54, 1.807) is 6.92 Å². The number of rotatable bonds is 5. The number of nitro groups is 1. The molecular weight excluding hydrogens is 406 g/mol. The maximum Gasteiger partial charge on any atom is 0.282 e. The summed E-state index contributed by atoms with van der Waals surface area (Å²) < 4.78 is 5.12. The van der Waals surface area contributed by atoms with Crippen molar-refractivity contribution in [1.29, 1.82) is 0 Å². The summed E-state index contributed by atoms with van der Waals surface area (Å²) in [7, 11) is 0. The van der Waals surface area contributed by atoms with Gasteiger partial charge in [0.2, 0.25) is 11.8 Å². The average molecular weight is 427 g/mol. The molecule has 1 N–H and O–H groups in total. The zero-order chi connectivity index (χ0) is 22.2. The van der Waals surface area contributed by atoms with Crippen LogP contribution in [0.4, 0.5) is 5.69 Å². The van der Waals surface area contributed by atoms with Crippen molar-refractivity contribution < 1.29 is 23.8 Å². The number of hydrogen-bond acceptors (Lipinski definition) is 8. The highest BCUT2D eigenvalue weighted by atomic mass is 16.6. The summed E-state index contributed by atoms with van der Waals surface area (Å²) in [4.78, 5) is 54.0. The van der Waals surface area contributed by atoms with Crippen LogP contribution in [0.25, 0.3) is 0 Å². The maximum absolute atomic E-state index is 12.9. The summed E-state index contributed by atoms with van der Waals surface area (Å²) in [6, 6.07) is 3.84. The van der Waals surface area contributed by atoms with Gasteiger partial charge in [-0.25, -0.2) is 0 Å². The molecule has 11 nitrogen and oxygen atoms in total. The van der Waals surface area contributed by atoms with E-state index in [9.17, 15) is 24.5 Å². The summed E-state index contributed by atoms with van der Waals surface area (Å²) in [5, 5.41) is 18.2. The Kier molecular flexibility index (Phi) is 5.25. The first-order chi connectivity index (χ1) is 14.8. The Bertz CT molecular complexity index is 1070. The third-order valence-electron chi connectivity index (χ3n) is 5.77. The van der Waals surface area contributed by atoms with Gasteiger partial charge in [0.1, 0.15) is 17.6 Å². The quantitative estimate of drug-likeness (QED) is 0.330. The molecule has 3 amide bonds. The fourth-order valence-corrected chi connectivity index (χ4v) is 4.29. The number of carbonyl (C=O) groups is 3. The number of hydrogen-bond donors (Lipinski definition) is 1. The van der Waals surface area contributed by atoms with Crippen molar-refractivity contribution in [3.8, 4) is 0 Å². The minimum atomic E-state index is -0.854. The highest BCUT2D eigenvalue weighted by molar-refractivity contribution is 6.24. The van der Waals surface area contributed by atoms with Crippen LogP contribution >= 0.6 is 0 Å². The van der Waals surface area contributed by atoms with E-state index in [-0.39, 0.29) is 11.1 Å². The van der Waals surface area contributed by atoms with E-state index in [2.05, 4.69) is 15.5 Å². The van der Waals surface area contributed by atoms with Gasteiger partial charge in [-0.15, -0.1) is 0 Å². The topological polar surface area (TPSA) is 149 Å². The van der Waals surface area contributed by atoms with Gasteiger partial charge < -0.3 is 9.84 Å². The van der Waals surface area contributed by atoms with E-state index in [0.717, 1.165) is 36.6 Å². The van der Waals surface area contributed by atoms with Gasteiger partial charge in [0.05, 0.1) is 10.5 Å². The molecule has 1 fully saturated rings. The molecular formula is C20H21N5O6. The first kappa shape index (κ1) is 20.6. The highest BCUT2D eigenvalue weighted by Gasteiger charge is 2.44. The fraction of sp³-hybridized carbons (Fsp3) is 0.450. The summed E-state index contributed by atoms with van der Waals surface area (Å²) >= 11 is 0. The van der Waals surface area contributed by atoms with Gasteiger partial charge in [-0.05, 0) is 18.9 Å². The van der Waals surface area contributed by atoms with Gasteiger partial charge in [-0.2, -0.15) is 4.98 Å². The molecule has 1 aliphatic carbocycles. The minimum absolute atomic E-state index is 0.0787. The molecule has 162 valence electrons. The van der Waals surface area contributed by atoms with Gasteiger partial charge in [-0.1, -0.05) is 36.9 Å². The lowest BCUT2D eigenvalue weighted by Crippen LogP contribution is -2.50. The lowest BCUT2D eigenvalue weighted by Gasteiger charge is -2.31. The van der Waals surface area contributed by atoms with Crippen LogP contribution in [0.3, 0.4) is 0 Å². The number of nitrogens with zero attached hydrogens (tertiary/aromatic N) is 4. The molecule has 2 heterocycles. The maximum atomic E-state index is 12.9. The van der Waals surface area contributed by atoms with Gasteiger partial charge >= 0.3 is 0 Å². The zero-order valence-corrected chi connectivity index (χ0v) is 16.9. The first-order valence-corrected chi connectivity index (χ1v) is 10.1. The van der Waals surface area contributed by atoms with Crippen molar-refractivity contribution in [2.24, 2.45) is 0 Å². The van der Waals surface area contributed by atoms with E-state index in [1.807, 2.05) is 0 Å². The first-order valence-electron chi connectivity index (χ1n) is 10.1. The second-order valence-electron chi connectivity index (χ2n) is 7.83. The number of imide groups is 1. The molecule has 1 aromatic heterocycles. The van der Waals surface area contributed by atoms with Crippen molar-refractivity contribution >= 4 is 23.4 Å². The van der Waals surface area contributed by atoms with Crippen LogP contribution in [0.2, 0.25) is 0 Å². The van der Waals surface area contributed by atoms with E-state index >= 15 is 0 Å². The molecule has 31 heavy (non-hydrogen) atoms. The van der Waals surface area contributed by atoms with Crippen LogP contribution in [0, 0.1) is 17.0 Å². The van der Waals surface area contributed by atoms with Crippen molar-refractivity contribution in [2.45, 2.75) is 51.0 Å². The van der Waals surface area contributed by atoms with E-state index in [0.29, 0.717) is 24.6 Å². The van der Waals surface area contributed by atoms with E-state index < -0.39 is 40.4 Å². The Balaban J connectivity index is 1.57. The molecule has 1 saturated carbocycles. The van der Waals surface area contributed by atoms with Crippen molar-refractivity contribution in [1.82, 2.24) is 20.4 Å². The fourth-order valence-electron chi connectivity index (χ4n) is 4.29. The Morgan fingerprint density at radius 2 is 1.94 bits per heavy atom. The lowest BCUT2D eigenvalue weighted by atomic mass is 9.89. The number of carbonyl (C=O) groups excluding carboxylic acids is 3. The van der Waals surface area contributed by atoms with Gasteiger partial charge in [0.15, 0.2) is 5.82 Å². The number of nitro benzene ring substituents is 1. The average Bonchev–Trinajstić information content (AvgIpc) is 3.17. The van der Waals surface area contributed by atoms with E-state index in [1.165, 1.54) is 12.1 Å². The molecule has 0 saturated heterocycles. The Morgan fingerprint density at radius 3 is 2.55 bits per heavy atom. The molecule has 0 atom stereocenters. The normalized spacial score (nSPS) is 17.9. The number of nitrogens with one attached hydrogen (secondary N) is 1. The Labute approximate surface area is 176 Å². The number of benzene rings is 1. The zero-order valence-electron chi connectivity index (χ0n) is 16.9. The minimum Gasteiger partial charge on any atom is -0.342 e. The van der Waals surface area contributed by atoms with Crippen LogP contribution in [0.5, 0.6) is 0 Å². The Morgan fingerprint density at radius 1 is 1.23 bits per heavy atom. The summed E-state index contributed by atoms with van der Waals surface area (Å²) in [6.07, 6.45) is 4.93. The standard InChI is InChI=1S/C20H21N5O6/c1-12-21-19(23-31-12)20(9-4-2-3-5-10-20)22-15(26)11-24-17(27)13-7-6-8-14(25(29)30)16(13)18(24)28/h6-8H,2-5,9-11H2,1H3,(H,22,26). The van der Waals surface area contributed by atoms with Crippen LogP contribution in [-0.4, -0.2) is 44.2 Å². The molecule has 2 aliphatic rings. The van der Waals surface area contributed by atoms with Crippen LogP contribution in [0.15, 0.2) is 22.7 Å². The van der Waals surface area contributed by atoms with Crippen LogP contribution in [-0.2, 0) is 10.3 Å². The number of amides is 3. The van der Waals surface area contributed by atoms with Gasteiger partial charge in [0.25, 0.3) is 17.5 Å². The third-order valence-corrected chi connectivity index (χ3v) is 5.77. The highest BCUT2D eigenvalue weighted by Crippen LogP contribution is 2.35.